The third-order valence-corrected chi connectivity index (χ3v) is 2.38. The molecule has 88 valence electrons. The van der Waals surface area contributed by atoms with Crippen LogP contribution in [0.15, 0.2) is 11.6 Å². The minimum atomic E-state index is -0.306. The summed E-state index contributed by atoms with van der Waals surface area (Å²) in [6.45, 7) is 6.37. The highest BCUT2D eigenvalue weighted by molar-refractivity contribution is 5.74. The molecule has 0 saturated heterocycles. The summed E-state index contributed by atoms with van der Waals surface area (Å²) in [4.78, 5) is 10.6. The van der Waals surface area contributed by atoms with Crippen LogP contribution in [0.1, 0.15) is 46.5 Å². The minimum absolute atomic E-state index is 0.0794. The number of nitrogens with two attached hydrogens (primary N) is 2. The second-order valence-electron chi connectivity index (χ2n) is 4.63. The molecule has 0 aromatic carbocycles. The maximum Gasteiger partial charge on any atom is 0.218 e. The van der Waals surface area contributed by atoms with Crippen LogP contribution in [0.4, 0.5) is 0 Å². The molecule has 0 spiro atoms. The second-order valence-corrected chi connectivity index (χ2v) is 4.63. The van der Waals surface area contributed by atoms with E-state index in [0.717, 1.165) is 19.3 Å². The molecular weight excluding hydrogens is 188 g/mol. The Balaban J connectivity index is 3.68. The molecule has 0 aliphatic carbocycles. The minimum Gasteiger partial charge on any atom is -0.370 e. The summed E-state index contributed by atoms with van der Waals surface area (Å²) in [7, 11) is 0. The lowest BCUT2D eigenvalue weighted by Crippen LogP contribution is -2.29. The van der Waals surface area contributed by atoms with Gasteiger partial charge in [-0.1, -0.05) is 18.6 Å². The summed E-state index contributed by atoms with van der Waals surface area (Å²) >= 11 is 0. The van der Waals surface area contributed by atoms with E-state index in [4.69, 9.17) is 11.5 Å². The van der Waals surface area contributed by atoms with Crippen molar-refractivity contribution in [2.24, 2.45) is 17.4 Å². The van der Waals surface area contributed by atoms with Crippen LogP contribution in [0.25, 0.3) is 0 Å². The monoisotopic (exact) mass is 212 g/mol. The molecule has 1 amide bonds. The topological polar surface area (TPSA) is 69.1 Å². The molecule has 0 aliphatic heterocycles. The van der Waals surface area contributed by atoms with Crippen LogP contribution in [0.2, 0.25) is 0 Å². The molecule has 4 N–H and O–H groups in total. The lowest BCUT2D eigenvalue weighted by molar-refractivity contribution is -0.118. The van der Waals surface area contributed by atoms with Gasteiger partial charge in [0.05, 0.1) is 0 Å². The lowest BCUT2D eigenvalue weighted by atomic mass is 9.95. The molecule has 1 unspecified atom stereocenters. The highest BCUT2D eigenvalue weighted by Crippen LogP contribution is 2.14. The van der Waals surface area contributed by atoms with Gasteiger partial charge in [0.15, 0.2) is 0 Å². The Kier molecular flexibility index (Phi) is 7.05. The van der Waals surface area contributed by atoms with Crippen molar-refractivity contribution in [1.29, 1.82) is 0 Å². The first kappa shape index (κ1) is 14.2. The van der Waals surface area contributed by atoms with E-state index >= 15 is 0 Å². The Labute approximate surface area is 92.9 Å². The molecule has 0 aromatic heterocycles. The Bertz CT molecular complexity index is 220. The predicted octanol–water partition coefficient (Wildman–Crippen LogP) is 1.96. The number of carbonyl (C=O) groups is 1. The smallest absolute Gasteiger partial charge is 0.218 e. The average molecular weight is 212 g/mol. The largest absolute Gasteiger partial charge is 0.370 e. The summed E-state index contributed by atoms with van der Waals surface area (Å²) in [5, 5.41) is 0. The SMILES string of the molecule is CC(C)=CCC[C@H](C)CC(N)CC(N)=O. The van der Waals surface area contributed by atoms with Crippen molar-refractivity contribution in [3.63, 3.8) is 0 Å². The Morgan fingerprint density at radius 2 is 2.00 bits per heavy atom. The third kappa shape index (κ3) is 9.47. The molecule has 3 nitrogen and oxygen atoms in total. The highest BCUT2D eigenvalue weighted by Gasteiger charge is 2.10. The zero-order valence-corrected chi connectivity index (χ0v) is 10.1. The van der Waals surface area contributed by atoms with Crippen molar-refractivity contribution in [3.05, 3.63) is 11.6 Å². The van der Waals surface area contributed by atoms with Gasteiger partial charge in [0.1, 0.15) is 0 Å². The van der Waals surface area contributed by atoms with E-state index in [-0.39, 0.29) is 11.9 Å². The summed E-state index contributed by atoms with van der Waals surface area (Å²) in [6, 6.07) is -0.0794. The van der Waals surface area contributed by atoms with Crippen LogP contribution in [0.5, 0.6) is 0 Å². The van der Waals surface area contributed by atoms with Crippen LogP contribution in [-0.2, 0) is 4.79 Å². The van der Waals surface area contributed by atoms with E-state index in [1.807, 2.05) is 0 Å². The molecule has 3 heteroatoms. The lowest BCUT2D eigenvalue weighted by Gasteiger charge is -2.15. The molecule has 0 fully saturated rings. The van der Waals surface area contributed by atoms with Gasteiger partial charge < -0.3 is 11.5 Å². The summed E-state index contributed by atoms with van der Waals surface area (Å²) in [6.07, 6.45) is 5.62. The predicted molar refractivity (Wildman–Crippen MR) is 64.2 cm³/mol. The third-order valence-electron chi connectivity index (χ3n) is 2.38. The first-order valence-corrected chi connectivity index (χ1v) is 5.59. The van der Waals surface area contributed by atoms with Gasteiger partial charge in [-0.15, -0.1) is 0 Å². The molecule has 0 rings (SSSR count). The van der Waals surface area contributed by atoms with Crippen LogP contribution >= 0.6 is 0 Å². The number of hydrogen-bond acceptors (Lipinski definition) is 2. The zero-order chi connectivity index (χ0) is 11.8. The number of amides is 1. The van der Waals surface area contributed by atoms with Crippen molar-refractivity contribution >= 4 is 5.91 Å². The van der Waals surface area contributed by atoms with Crippen molar-refractivity contribution in [1.82, 2.24) is 0 Å². The number of allylic oxidation sites excluding steroid dienone is 2. The van der Waals surface area contributed by atoms with Gasteiger partial charge in [-0.3, -0.25) is 4.79 Å². The van der Waals surface area contributed by atoms with E-state index in [0.29, 0.717) is 12.3 Å². The summed E-state index contributed by atoms with van der Waals surface area (Å²) < 4.78 is 0. The van der Waals surface area contributed by atoms with Gasteiger partial charge in [0.2, 0.25) is 5.91 Å². The number of rotatable bonds is 7. The normalized spacial score (nSPS) is 14.4. The van der Waals surface area contributed by atoms with Crippen molar-refractivity contribution < 1.29 is 4.79 Å². The van der Waals surface area contributed by atoms with E-state index in [1.54, 1.807) is 0 Å². The van der Waals surface area contributed by atoms with Crippen molar-refractivity contribution in [3.8, 4) is 0 Å². The molecular formula is C12H24N2O. The van der Waals surface area contributed by atoms with E-state index in [9.17, 15) is 4.79 Å². The molecule has 15 heavy (non-hydrogen) atoms. The molecule has 0 saturated carbocycles. The fraction of sp³-hybridized carbons (Fsp3) is 0.750. The van der Waals surface area contributed by atoms with Crippen LogP contribution in [-0.4, -0.2) is 11.9 Å². The number of carbonyl (C=O) groups excluding carboxylic acids is 1. The summed E-state index contributed by atoms with van der Waals surface area (Å²) in [5.41, 5.74) is 12.2. The Hall–Kier alpha value is -0.830. The van der Waals surface area contributed by atoms with Gasteiger partial charge >= 0.3 is 0 Å². The maximum atomic E-state index is 10.6. The zero-order valence-electron chi connectivity index (χ0n) is 10.1. The van der Waals surface area contributed by atoms with Gasteiger partial charge in [-0.25, -0.2) is 0 Å². The molecule has 0 aromatic rings. The van der Waals surface area contributed by atoms with Crippen LogP contribution < -0.4 is 11.5 Å². The molecule has 0 heterocycles. The van der Waals surface area contributed by atoms with Gasteiger partial charge in [-0.05, 0) is 39.0 Å². The first-order valence-electron chi connectivity index (χ1n) is 5.59. The highest BCUT2D eigenvalue weighted by atomic mass is 16.1. The molecule has 0 aliphatic rings. The van der Waals surface area contributed by atoms with Crippen LogP contribution in [0, 0.1) is 5.92 Å². The fourth-order valence-electron chi connectivity index (χ4n) is 1.63. The van der Waals surface area contributed by atoms with Gasteiger partial charge in [0.25, 0.3) is 0 Å². The van der Waals surface area contributed by atoms with Gasteiger partial charge in [-0.2, -0.15) is 0 Å². The number of hydrogen-bond donors (Lipinski definition) is 2. The van der Waals surface area contributed by atoms with E-state index < -0.39 is 0 Å². The number of primary amides is 1. The molecule has 0 bridgehead atoms. The Morgan fingerprint density at radius 3 is 2.47 bits per heavy atom. The average Bonchev–Trinajstić information content (AvgIpc) is 2.00. The quantitative estimate of drug-likeness (QED) is 0.633. The van der Waals surface area contributed by atoms with Crippen molar-refractivity contribution in [2.45, 2.75) is 52.5 Å². The van der Waals surface area contributed by atoms with Gasteiger partial charge in [0, 0.05) is 12.5 Å². The summed E-state index contributed by atoms with van der Waals surface area (Å²) in [5.74, 6) is 0.244. The first-order chi connectivity index (χ1) is 6.91. The van der Waals surface area contributed by atoms with E-state index in [1.165, 1.54) is 5.57 Å². The van der Waals surface area contributed by atoms with Crippen LogP contribution in [0.3, 0.4) is 0 Å². The molecule has 0 radical (unpaired) electrons. The van der Waals surface area contributed by atoms with E-state index in [2.05, 4.69) is 26.8 Å². The van der Waals surface area contributed by atoms with Crippen molar-refractivity contribution in [2.75, 3.05) is 0 Å². The molecule has 2 atom stereocenters. The Morgan fingerprint density at radius 1 is 1.40 bits per heavy atom. The second kappa shape index (κ2) is 7.46. The maximum absolute atomic E-state index is 10.6. The fourth-order valence-corrected chi connectivity index (χ4v) is 1.63. The standard InChI is InChI=1S/C12H24N2O/c1-9(2)5-4-6-10(3)7-11(13)8-12(14)15/h5,10-11H,4,6-8,13H2,1-3H3,(H2,14,15)/t10-,11?/m0/s1.